The molecule has 0 aromatic heterocycles. The van der Waals surface area contributed by atoms with Crippen molar-refractivity contribution < 1.29 is 19.8 Å². The van der Waals surface area contributed by atoms with E-state index in [0.29, 0.717) is 0 Å². The van der Waals surface area contributed by atoms with Crippen LogP contribution in [0.1, 0.15) is 11.1 Å². The van der Waals surface area contributed by atoms with E-state index in [2.05, 4.69) is 24.3 Å². The number of carboxylic acid groups (broad SMARTS) is 2. The number of nitrogens with two attached hydrogens (primary N) is 2. The molecular weight excluding hydrogens is 360 g/mol. The molecule has 0 fully saturated rings. The molecule has 0 radical (unpaired) electrons. The predicted molar refractivity (Wildman–Crippen MR) is 109 cm³/mol. The Bertz CT molecular complexity index is 605. The Morgan fingerprint density at radius 3 is 1.21 bits per heavy atom. The maximum absolute atomic E-state index is 9.10. The van der Waals surface area contributed by atoms with E-state index in [-0.39, 0.29) is 0 Å². The van der Waals surface area contributed by atoms with Crippen LogP contribution in [0.3, 0.4) is 0 Å². The average Bonchev–Trinajstić information content (AvgIpc) is 2.67. The van der Waals surface area contributed by atoms with Gasteiger partial charge in [0.15, 0.2) is 0 Å². The fourth-order valence-electron chi connectivity index (χ4n) is 1.90. The van der Waals surface area contributed by atoms with Gasteiger partial charge in [-0.25, -0.2) is 19.6 Å². The first-order valence-corrected chi connectivity index (χ1v) is 8.68. The molecule has 0 heterocycles. The second-order valence-electron chi connectivity index (χ2n) is 6.04. The van der Waals surface area contributed by atoms with Crippen LogP contribution in [0.2, 0.25) is 0 Å². The summed E-state index contributed by atoms with van der Waals surface area (Å²) in [6, 6.07) is 20.7. The van der Waals surface area contributed by atoms with Crippen molar-refractivity contribution in [2.24, 2.45) is 11.7 Å². The standard InChI is InChI=1S/2C9H14N2.C2H2O4/c2*1-11(10)8-7-9-5-3-2-4-6-9;3-1(4)2(5)6/h2*2-6H,7-8,10H2,1H3;(H,3,4)(H,5,6). The summed E-state index contributed by atoms with van der Waals surface area (Å²) in [4.78, 5) is 18.2. The van der Waals surface area contributed by atoms with Gasteiger partial charge in [-0.2, -0.15) is 0 Å². The van der Waals surface area contributed by atoms with Crippen molar-refractivity contribution in [3.05, 3.63) is 71.8 Å². The molecule has 0 unspecified atom stereocenters. The van der Waals surface area contributed by atoms with Gasteiger partial charge >= 0.3 is 11.9 Å². The fourth-order valence-corrected chi connectivity index (χ4v) is 1.90. The molecule has 8 nitrogen and oxygen atoms in total. The second kappa shape index (κ2) is 15.3. The molecule has 2 aromatic rings. The number of carbonyl (C=O) groups is 2. The van der Waals surface area contributed by atoms with Gasteiger partial charge in [0.25, 0.3) is 0 Å². The molecule has 0 atom stereocenters. The van der Waals surface area contributed by atoms with Crippen LogP contribution in [0.5, 0.6) is 0 Å². The van der Waals surface area contributed by atoms with E-state index in [1.54, 1.807) is 10.0 Å². The number of rotatable bonds is 6. The van der Waals surface area contributed by atoms with Gasteiger partial charge in [-0.15, -0.1) is 0 Å². The quantitative estimate of drug-likeness (QED) is 0.329. The van der Waals surface area contributed by atoms with Gasteiger partial charge in [0, 0.05) is 27.2 Å². The van der Waals surface area contributed by atoms with Crippen LogP contribution in [0.15, 0.2) is 60.7 Å². The summed E-state index contributed by atoms with van der Waals surface area (Å²) >= 11 is 0. The maximum Gasteiger partial charge on any atom is 0.414 e. The zero-order chi connectivity index (χ0) is 21.4. The van der Waals surface area contributed by atoms with Crippen molar-refractivity contribution in [1.82, 2.24) is 10.0 Å². The second-order valence-corrected chi connectivity index (χ2v) is 6.04. The topological polar surface area (TPSA) is 133 Å². The summed E-state index contributed by atoms with van der Waals surface area (Å²) in [5.41, 5.74) is 2.68. The van der Waals surface area contributed by atoms with E-state index in [9.17, 15) is 0 Å². The molecule has 0 bridgehead atoms. The molecule has 28 heavy (non-hydrogen) atoms. The molecule has 154 valence electrons. The van der Waals surface area contributed by atoms with Crippen LogP contribution in [-0.4, -0.2) is 59.4 Å². The van der Waals surface area contributed by atoms with E-state index in [1.165, 1.54) is 11.1 Å². The fraction of sp³-hybridized carbons (Fsp3) is 0.300. The summed E-state index contributed by atoms with van der Waals surface area (Å²) in [5, 5.41) is 18.2. The predicted octanol–water partition coefficient (Wildman–Crippen LogP) is 1.22. The zero-order valence-corrected chi connectivity index (χ0v) is 16.4. The molecular formula is C20H30N4O4. The lowest BCUT2D eigenvalue weighted by molar-refractivity contribution is -0.159. The number of hydrogen-bond acceptors (Lipinski definition) is 6. The van der Waals surface area contributed by atoms with Gasteiger partial charge in [0.1, 0.15) is 0 Å². The van der Waals surface area contributed by atoms with Crippen LogP contribution in [0.4, 0.5) is 0 Å². The van der Waals surface area contributed by atoms with Crippen molar-refractivity contribution in [3.63, 3.8) is 0 Å². The van der Waals surface area contributed by atoms with Crippen LogP contribution in [0, 0.1) is 0 Å². The normalized spacial score (nSPS) is 9.79. The minimum Gasteiger partial charge on any atom is -0.473 e. The molecule has 0 aliphatic carbocycles. The van der Waals surface area contributed by atoms with Gasteiger partial charge in [0.2, 0.25) is 0 Å². The first kappa shape index (κ1) is 25.2. The van der Waals surface area contributed by atoms with Crippen LogP contribution < -0.4 is 11.7 Å². The Morgan fingerprint density at radius 1 is 0.714 bits per heavy atom. The largest absolute Gasteiger partial charge is 0.473 e. The maximum atomic E-state index is 9.10. The van der Waals surface area contributed by atoms with Crippen LogP contribution >= 0.6 is 0 Å². The summed E-state index contributed by atoms with van der Waals surface area (Å²) < 4.78 is 0. The minimum atomic E-state index is -1.82. The number of aliphatic carboxylic acids is 2. The molecule has 2 aromatic carbocycles. The monoisotopic (exact) mass is 390 g/mol. The zero-order valence-electron chi connectivity index (χ0n) is 16.4. The Kier molecular flexibility index (Phi) is 13.8. The highest BCUT2D eigenvalue weighted by Crippen LogP contribution is 1.99. The number of benzene rings is 2. The average molecular weight is 390 g/mol. The van der Waals surface area contributed by atoms with Gasteiger partial charge in [-0.3, -0.25) is 11.7 Å². The highest BCUT2D eigenvalue weighted by molar-refractivity contribution is 6.27. The molecule has 0 aliphatic rings. The van der Waals surface area contributed by atoms with Crippen molar-refractivity contribution in [2.45, 2.75) is 12.8 Å². The Balaban J connectivity index is 0.000000411. The smallest absolute Gasteiger partial charge is 0.414 e. The third-order valence-corrected chi connectivity index (χ3v) is 3.37. The molecule has 6 N–H and O–H groups in total. The van der Waals surface area contributed by atoms with Crippen molar-refractivity contribution >= 4 is 11.9 Å². The minimum absolute atomic E-state index is 0.907. The summed E-state index contributed by atoms with van der Waals surface area (Å²) in [6.07, 6.45) is 2.04. The number of carboxylic acids is 2. The van der Waals surface area contributed by atoms with Gasteiger partial charge in [0.05, 0.1) is 0 Å². The van der Waals surface area contributed by atoms with Crippen molar-refractivity contribution in [2.75, 3.05) is 27.2 Å². The van der Waals surface area contributed by atoms with Crippen molar-refractivity contribution in [3.8, 4) is 0 Å². The van der Waals surface area contributed by atoms with Crippen LogP contribution in [-0.2, 0) is 22.4 Å². The molecule has 0 saturated heterocycles. The van der Waals surface area contributed by atoms with E-state index < -0.39 is 11.9 Å². The van der Waals surface area contributed by atoms with E-state index in [1.807, 2.05) is 50.5 Å². The molecule has 0 aliphatic heterocycles. The lowest BCUT2D eigenvalue weighted by atomic mass is 10.1. The van der Waals surface area contributed by atoms with Gasteiger partial charge < -0.3 is 10.2 Å². The highest BCUT2D eigenvalue weighted by atomic mass is 16.4. The summed E-state index contributed by atoms with van der Waals surface area (Å²) in [5.74, 6) is 7.30. The number of hydrazine groups is 2. The molecule has 2 rings (SSSR count). The van der Waals surface area contributed by atoms with Gasteiger partial charge in [-0.05, 0) is 24.0 Å². The highest BCUT2D eigenvalue weighted by Gasteiger charge is 2.04. The Hall–Kier alpha value is -2.78. The number of nitrogens with zero attached hydrogens (tertiary/aromatic N) is 2. The van der Waals surface area contributed by atoms with E-state index >= 15 is 0 Å². The molecule has 0 spiro atoms. The Labute approximate surface area is 165 Å². The van der Waals surface area contributed by atoms with Gasteiger partial charge in [-0.1, -0.05) is 60.7 Å². The molecule has 0 amide bonds. The number of hydrogen-bond donors (Lipinski definition) is 4. The third-order valence-electron chi connectivity index (χ3n) is 3.37. The molecule has 8 heteroatoms. The summed E-state index contributed by atoms with van der Waals surface area (Å²) in [6.45, 7) is 1.81. The first-order chi connectivity index (χ1) is 13.2. The number of likely N-dealkylation sites (N-methyl/N-ethyl adjacent to an activating group) is 2. The van der Waals surface area contributed by atoms with E-state index in [0.717, 1.165) is 25.9 Å². The Morgan fingerprint density at radius 2 is 1.00 bits per heavy atom. The SMILES string of the molecule is CN(N)CCc1ccccc1.CN(N)CCc1ccccc1.O=C(O)C(=O)O. The lowest BCUT2D eigenvalue weighted by Crippen LogP contribution is -2.28. The van der Waals surface area contributed by atoms with Crippen LogP contribution in [0.25, 0.3) is 0 Å². The first-order valence-electron chi connectivity index (χ1n) is 8.68. The lowest BCUT2D eigenvalue weighted by Gasteiger charge is -2.08. The van der Waals surface area contributed by atoms with Crippen molar-refractivity contribution in [1.29, 1.82) is 0 Å². The third kappa shape index (κ3) is 15.5. The van der Waals surface area contributed by atoms with E-state index in [4.69, 9.17) is 31.5 Å². The summed E-state index contributed by atoms with van der Waals surface area (Å²) in [7, 11) is 3.76. The molecule has 0 saturated carbocycles.